The quantitative estimate of drug-likeness (QED) is 0.741. The van der Waals surface area contributed by atoms with Crippen molar-refractivity contribution >= 4 is 0 Å². The van der Waals surface area contributed by atoms with E-state index in [0.29, 0.717) is 5.92 Å². The fourth-order valence-corrected chi connectivity index (χ4v) is 2.19. The van der Waals surface area contributed by atoms with Crippen LogP contribution in [0, 0.1) is 5.92 Å². The lowest BCUT2D eigenvalue weighted by molar-refractivity contribution is 0.265. The average Bonchev–Trinajstić information content (AvgIpc) is 2.35. The largest absolute Gasteiger partial charge is 0.396 e. The van der Waals surface area contributed by atoms with Gasteiger partial charge in [0.05, 0.1) is 0 Å². The molecule has 1 aromatic rings. The van der Waals surface area contributed by atoms with Crippen LogP contribution < -0.4 is 5.32 Å². The maximum Gasteiger partial charge on any atom is 0.0449 e. The van der Waals surface area contributed by atoms with E-state index in [4.69, 9.17) is 5.11 Å². The summed E-state index contributed by atoms with van der Waals surface area (Å²) in [7, 11) is 0. The molecule has 0 heterocycles. The molecular formula is C16H27NO. The third-order valence-corrected chi connectivity index (χ3v) is 3.08. The Bertz CT molecular complexity index is 318. The fraction of sp³-hybridized carbons (Fsp3) is 0.625. The Labute approximate surface area is 111 Å². The summed E-state index contributed by atoms with van der Waals surface area (Å²) in [5, 5.41) is 12.6. The van der Waals surface area contributed by atoms with E-state index < -0.39 is 0 Å². The molecule has 0 aromatic heterocycles. The summed E-state index contributed by atoms with van der Waals surface area (Å²) in [4.78, 5) is 0. The third kappa shape index (κ3) is 5.19. The molecule has 0 saturated heterocycles. The molecule has 0 bridgehead atoms. The SMILES string of the molecule is CCCNC(CCO)c1ccc(CC(C)C)cc1. The molecule has 1 aromatic carbocycles. The van der Waals surface area contributed by atoms with Crippen LogP contribution in [-0.2, 0) is 6.42 Å². The van der Waals surface area contributed by atoms with Crippen LogP contribution in [0.15, 0.2) is 24.3 Å². The summed E-state index contributed by atoms with van der Waals surface area (Å²) in [5.74, 6) is 0.697. The number of nitrogens with one attached hydrogen (secondary N) is 1. The molecule has 1 atom stereocenters. The second kappa shape index (κ2) is 8.28. The Kier molecular flexibility index (Phi) is 6.99. The number of rotatable bonds is 8. The lowest BCUT2D eigenvalue weighted by atomic mass is 9.98. The molecule has 102 valence electrons. The first kappa shape index (κ1) is 15.2. The van der Waals surface area contributed by atoms with Crippen molar-refractivity contribution in [1.29, 1.82) is 0 Å². The van der Waals surface area contributed by atoms with Gasteiger partial charge >= 0.3 is 0 Å². The summed E-state index contributed by atoms with van der Waals surface area (Å²) < 4.78 is 0. The van der Waals surface area contributed by atoms with Crippen LogP contribution in [0.5, 0.6) is 0 Å². The van der Waals surface area contributed by atoms with E-state index in [0.717, 1.165) is 25.8 Å². The highest BCUT2D eigenvalue weighted by molar-refractivity contribution is 5.25. The zero-order valence-corrected chi connectivity index (χ0v) is 11.9. The number of benzene rings is 1. The summed E-state index contributed by atoms with van der Waals surface area (Å²) in [6.07, 6.45) is 3.03. The normalized spacial score (nSPS) is 12.9. The van der Waals surface area contributed by atoms with Crippen LogP contribution in [-0.4, -0.2) is 18.3 Å². The van der Waals surface area contributed by atoms with Gasteiger partial charge < -0.3 is 10.4 Å². The van der Waals surface area contributed by atoms with Gasteiger partial charge in [-0.15, -0.1) is 0 Å². The first-order valence-electron chi connectivity index (χ1n) is 7.10. The Morgan fingerprint density at radius 1 is 1.17 bits per heavy atom. The smallest absolute Gasteiger partial charge is 0.0449 e. The molecule has 0 aliphatic carbocycles. The van der Waals surface area contributed by atoms with Crippen molar-refractivity contribution in [3.8, 4) is 0 Å². The highest BCUT2D eigenvalue weighted by Gasteiger charge is 2.09. The van der Waals surface area contributed by atoms with E-state index in [1.165, 1.54) is 11.1 Å². The van der Waals surface area contributed by atoms with E-state index in [2.05, 4.69) is 50.4 Å². The van der Waals surface area contributed by atoms with Crippen molar-refractivity contribution in [3.63, 3.8) is 0 Å². The molecule has 0 fully saturated rings. The topological polar surface area (TPSA) is 32.3 Å². The van der Waals surface area contributed by atoms with Crippen LogP contribution in [0.3, 0.4) is 0 Å². The van der Waals surface area contributed by atoms with Gasteiger partial charge in [0.1, 0.15) is 0 Å². The second-order valence-corrected chi connectivity index (χ2v) is 5.36. The summed E-state index contributed by atoms with van der Waals surface area (Å²) in [6.45, 7) is 7.87. The van der Waals surface area contributed by atoms with E-state index >= 15 is 0 Å². The molecule has 0 aliphatic heterocycles. The highest BCUT2D eigenvalue weighted by Crippen LogP contribution is 2.18. The molecule has 0 aliphatic rings. The molecular weight excluding hydrogens is 222 g/mol. The maximum atomic E-state index is 9.13. The van der Waals surface area contributed by atoms with Crippen molar-refractivity contribution in [2.24, 2.45) is 5.92 Å². The minimum Gasteiger partial charge on any atom is -0.396 e. The lowest BCUT2D eigenvalue weighted by Crippen LogP contribution is -2.23. The predicted octanol–water partition coefficient (Wildman–Crippen LogP) is 3.31. The van der Waals surface area contributed by atoms with E-state index in [1.54, 1.807) is 0 Å². The third-order valence-electron chi connectivity index (χ3n) is 3.08. The molecule has 2 heteroatoms. The minimum atomic E-state index is 0.231. The van der Waals surface area contributed by atoms with Crippen LogP contribution in [0.1, 0.15) is 50.8 Å². The van der Waals surface area contributed by atoms with Gasteiger partial charge in [-0.1, -0.05) is 45.0 Å². The van der Waals surface area contributed by atoms with Gasteiger partial charge in [0, 0.05) is 12.6 Å². The molecule has 0 saturated carbocycles. The summed E-state index contributed by atoms with van der Waals surface area (Å²) in [5.41, 5.74) is 2.68. The molecule has 0 amide bonds. The Hall–Kier alpha value is -0.860. The van der Waals surface area contributed by atoms with Crippen molar-refractivity contribution in [3.05, 3.63) is 35.4 Å². The number of aliphatic hydroxyl groups excluding tert-OH is 1. The molecule has 2 N–H and O–H groups in total. The van der Waals surface area contributed by atoms with E-state index in [-0.39, 0.29) is 12.6 Å². The van der Waals surface area contributed by atoms with Gasteiger partial charge in [-0.3, -0.25) is 0 Å². The fourth-order valence-electron chi connectivity index (χ4n) is 2.19. The molecule has 1 unspecified atom stereocenters. The highest BCUT2D eigenvalue weighted by atomic mass is 16.3. The van der Waals surface area contributed by atoms with Crippen LogP contribution in [0.4, 0.5) is 0 Å². The zero-order chi connectivity index (χ0) is 13.4. The molecule has 1 rings (SSSR count). The van der Waals surface area contributed by atoms with Gasteiger partial charge in [-0.2, -0.15) is 0 Å². The number of hydrogen-bond donors (Lipinski definition) is 2. The van der Waals surface area contributed by atoms with Crippen LogP contribution in [0.25, 0.3) is 0 Å². The first-order chi connectivity index (χ1) is 8.67. The van der Waals surface area contributed by atoms with Gasteiger partial charge in [0.15, 0.2) is 0 Å². The lowest BCUT2D eigenvalue weighted by Gasteiger charge is -2.18. The second-order valence-electron chi connectivity index (χ2n) is 5.36. The summed E-state index contributed by atoms with van der Waals surface area (Å²) in [6, 6.07) is 9.10. The average molecular weight is 249 g/mol. The predicted molar refractivity (Wildman–Crippen MR) is 77.7 cm³/mol. The number of hydrogen-bond acceptors (Lipinski definition) is 2. The number of aliphatic hydroxyl groups is 1. The monoisotopic (exact) mass is 249 g/mol. The van der Waals surface area contributed by atoms with Crippen LogP contribution >= 0.6 is 0 Å². The minimum absolute atomic E-state index is 0.231. The Balaban J connectivity index is 2.67. The Morgan fingerprint density at radius 3 is 2.33 bits per heavy atom. The van der Waals surface area contributed by atoms with Crippen molar-refractivity contribution in [1.82, 2.24) is 5.32 Å². The maximum absolute atomic E-state index is 9.13. The van der Waals surface area contributed by atoms with Gasteiger partial charge in [0.2, 0.25) is 0 Å². The van der Waals surface area contributed by atoms with Crippen LogP contribution in [0.2, 0.25) is 0 Å². The zero-order valence-electron chi connectivity index (χ0n) is 11.9. The molecule has 2 nitrogen and oxygen atoms in total. The van der Waals surface area contributed by atoms with E-state index in [9.17, 15) is 0 Å². The van der Waals surface area contributed by atoms with Gasteiger partial charge in [0.25, 0.3) is 0 Å². The summed E-state index contributed by atoms with van der Waals surface area (Å²) >= 11 is 0. The van der Waals surface area contributed by atoms with Crippen molar-refractivity contribution in [2.75, 3.05) is 13.2 Å². The van der Waals surface area contributed by atoms with Crippen molar-refractivity contribution < 1.29 is 5.11 Å². The van der Waals surface area contributed by atoms with E-state index in [1.807, 2.05) is 0 Å². The first-order valence-corrected chi connectivity index (χ1v) is 7.10. The molecule has 0 spiro atoms. The standard InChI is InChI=1S/C16H27NO/c1-4-10-17-16(9-11-18)15-7-5-14(6-8-15)12-13(2)3/h5-8,13,16-18H,4,9-12H2,1-3H3. The van der Waals surface area contributed by atoms with Crippen molar-refractivity contribution in [2.45, 2.75) is 46.1 Å². The van der Waals surface area contributed by atoms with Gasteiger partial charge in [-0.05, 0) is 42.9 Å². The molecule has 18 heavy (non-hydrogen) atoms. The Morgan fingerprint density at radius 2 is 1.83 bits per heavy atom. The van der Waals surface area contributed by atoms with Gasteiger partial charge in [-0.25, -0.2) is 0 Å². The molecule has 0 radical (unpaired) electrons.